The zero-order valence-corrected chi connectivity index (χ0v) is 10.9. The van der Waals surface area contributed by atoms with Crippen molar-refractivity contribution in [2.75, 3.05) is 0 Å². The lowest BCUT2D eigenvalue weighted by Gasteiger charge is -2.25. The SMILES string of the molecule is CCc1cc(CC)nc(C(N)(CC)CC)n1. The minimum absolute atomic E-state index is 0.366. The normalized spacial score (nSPS) is 11.8. The molecule has 0 amide bonds. The molecule has 1 aromatic rings. The first-order valence-corrected chi connectivity index (χ1v) is 6.25. The molecule has 0 fully saturated rings. The van der Waals surface area contributed by atoms with Crippen molar-refractivity contribution in [3.05, 3.63) is 23.3 Å². The Morgan fingerprint density at radius 1 is 1.00 bits per heavy atom. The molecule has 0 aliphatic rings. The van der Waals surface area contributed by atoms with Crippen LogP contribution in [-0.2, 0) is 18.4 Å². The van der Waals surface area contributed by atoms with Gasteiger partial charge in [-0.2, -0.15) is 0 Å². The molecule has 3 nitrogen and oxygen atoms in total. The number of aryl methyl sites for hydroxylation is 2. The van der Waals surface area contributed by atoms with Gasteiger partial charge in [-0.05, 0) is 31.7 Å². The molecule has 0 aliphatic heterocycles. The van der Waals surface area contributed by atoms with E-state index in [-0.39, 0.29) is 5.54 Å². The molecule has 1 rings (SSSR count). The van der Waals surface area contributed by atoms with Crippen molar-refractivity contribution in [1.29, 1.82) is 0 Å². The van der Waals surface area contributed by atoms with E-state index in [2.05, 4.69) is 43.7 Å². The summed E-state index contributed by atoms with van der Waals surface area (Å²) in [4.78, 5) is 9.16. The van der Waals surface area contributed by atoms with E-state index in [0.717, 1.165) is 42.9 Å². The van der Waals surface area contributed by atoms with Gasteiger partial charge in [0.25, 0.3) is 0 Å². The average molecular weight is 221 g/mol. The van der Waals surface area contributed by atoms with Crippen molar-refractivity contribution >= 4 is 0 Å². The quantitative estimate of drug-likeness (QED) is 0.831. The van der Waals surface area contributed by atoms with Crippen LogP contribution in [0.25, 0.3) is 0 Å². The molecule has 16 heavy (non-hydrogen) atoms. The summed E-state index contributed by atoms with van der Waals surface area (Å²) in [6.07, 6.45) is 3.62. The number of nitrogens with two attached hydrogens (primary N) is 1. The molecule has 90 valence electrons. The smallest absolute Gasteiger partial charge is 0.148 e. The van der Waals surface area contributed by atoms with Crippen LogP contribution in [-0.4, -0.2) is 9.97 Å². The second-order valence-corrected chi connectivity index (χ2v) is 4.24. The summed E-state index contributed by atoms with van der Waals surface area (Å²) in [5, 5.41) is 0. The molecule has 0 unspecified atom stereocenters. The predicted octanol–water partition coefficient (Wildman–Crippen LogP) is 2.58. The van der Waals surface area contributed by atoms with E-state index in [1.54, 1.807) is 0 Å². The summed E-state index contributed by atoms with van der Waals surface area (Å²) in [7, 11) is 0. The minimum Gasteiger partial charge on any atom is -0.319 e. The Hall–Kier alpha value is -0.960. The highest BCUT2D eigenvalue weighted by Crippen LogP contribution is 2.23. The van der Waals surface area contributed by atoms with Crippen molar-refractivity contribution < 1.29 is 0 Å². The van der Waals surface area contributed by atoms with Crippen molar-refractivity contribution in [2.45, 2.75) is 58.9 Å². The van der Waals surface area contributed by atoms with Gasteiger partial charge in [-0.25, -0.2) is 9.97 Å². The van der Waals surface area contributed by atoms with Crippen LogP contribution in [0, 0.1) is 0 Å². The van der Waals surface area contributed by atoms with Crippen LogP contribution in [0.3, 0.4) is 0 Å². The van der Waals surface area contributed by atoms with Gasteiger partial charge in [0.15, 0.2) is 0 Å². The van der Waals surface area contributed by atoms with E-state index < -0.39 is 0 Å². The maximum Gasteiger partial charge on any atom is 0.148 e. The first kappa shape index (κ1) is 13.1. The summed E-state index contributed by atoms with van der Waals surface area (Å²) in [6, 6.07) is 2.08. The first-order chi connectivity index (χ1) is 7.59. The summed E-state index contributed by atoms with van der Waals surface area (Å²) in [6.45, 7) is 8.41. The highest BCUT2D eigenvalue weighted by molar-refractivity contribution is 5.16. The van der Waals surface area contributed by atoms with E-state index >= 15 is 0 Å². The molecule has 3 heteroatoms. The Kier molecular flexibility index (Phi) is 4.42. The van der Waals surface area contributed by atoms with E-state index in [4.69, 9.17) is 5.73 Å². The lowest BCUT2D eigenvalue weighted by atomic mass is 9.93. The fraction of sp³-hybridized carbons (Fsp3) is 0.692. The van der Waals surface area contributed by atoms with Crippen molar-refractivity contribution in [2.24, 2.45) is 5.73 Å². The highest BCUT2D eigenvalue weighted by Gasteiger charge is 2.26. The lowest BCUT2D eigenvalue weighted by molar-refractivity contribution is 0.384. The van der Waals surface area contributed by atoms with Crippen molar-refractivity contribution in [3.63, 3.8) is 0 Å². The predicted molar refractivity (Wildman–Crippen MR) is 67.2 cm³/mol. The van der Waals surface area contributed by atoms with Crippen LogP contribution in [0.4, 0.5) is 0 Å². The molecular formula is C13H23N3. The fourth-order valence-electron chi connectivity index (χ4n) is 1.71. The fourth-order valence-corrected chi connectivity index (χ4v) is 1.71. The van der Waals surface area contributed by atoms with Gasteiger partial charge in [0, 0.05) is 11.4 Å². The topological polar surface area (TPSA) is 51.8 Å². The summed E-state index contributed by atoms with van der Waals surface area (Å²) >= 11 is 0. The summed E-state index contributed by atoms with van der Waals surface area (Å²) < 4.78 is 0. The zero-order chi connectivity index (χ0) is 12.2. The van der Waals surface area contributed by atoms with Crippen LogP contribution in [0.15, 0.2) is 6.07 Å². The van der Waals surface area contributed by atoms with E-state index in [1.807, 2.05) is 0 Å². The number of rotatable bonds is 5. The van der Waals surface area contributed by atoms with Crippen LogP contribution < -0.4 is 5.73 Å². The van der Waals surface area contributed by atoms with Crippen LogP contribution >= 0.6 is 0 Å². The Balaban J connectivity index is 3.21. The van der Waals surface area contributed by atoms with Gasteiger partial charge in [0.2, 0.25) is 0 Å². The maximum absolute atomic E-state index is 6.34. The number of hydrogen-bond acceptors (Lipinski definition) is 3. The molecule has 1 aromatic heterocycles. The zero-order valence-electron chi connectivity index (χ0n) is 10.9. The van der Waals surface area contributed by atoms with Gasteiger partial charge >= 0.3 is 0 Å². The molecule has 0 spiro atoms. The Bertz CT molecular complexity index is 321. The molecule has 0 radical (unpaired) electrons. The average Bonchev–Trinajstić information content (AvgIpc) is 2.36. The van der Waals surface area contributed by atoms with Crippen LogP contribution in [0.2, 0.25) is 0 Å². The van der Waals surface area contributed by atoms with Crippen LogP contribution in [0.1, 0.15) is 57.7 Å². The van der Waals surface area contributed by atoms with Gasteiger partial charge in [-0.1, -0.05) is 27.7 Å². The molecule has 2 N–H and O–H groups in total. The summed E-state index contributed by atoms with van der Waals surface area (Å²) in [5.74, 6) is 0.814. The number of nitrogens with zero attached hydrogens (tertiary/aromatic N) is 2. The molecule has 0 atom stereocenters. The standard InChI is InChI=1S/C13H23N3/c1-5-10-9-11(6-2)16-12(15-10)13(14,7-3)8-4/h9H,5-8,14H2,1-4H3. The van der Waals surface area contributed by atoms with E-state index in [1.165, 1.54) is 0 Å². The molecule has 0 aliphatic carbocycles. The monoisotopic (exact) mass is 221 g/mol. The lowest BCUT2D eigenvalue weighted by Crippen LogP contribution is -2.37. The van der Waals surface area contributed by atoms with Crippen molar-refractivity contribution in [3.8, 4) is 0 Å². The maximum atomic E-state index is 6.34. The Morgan fingerprint density at radius 3 is 1.75 bits per heavy atom. The largest absolute Gasteiger partial charge is 0.319 e. The third-order valence-corrected chi connectivity index (χ3v) is 3.26. The van der Waals surface area contributed by atoms with Crippen LogP contribution in [0.5, 0.6) is 0 Å². The second kappa shape index (κ2) is 5.39. The van der Waals surface area contributed by atoms with Crippen molar-refractivity contribution in [1.82, 2.24) is 9.97 Å². The second-order valence-electron chi connectivity index (χ2n) is 4.24. The molecule has 0 saturated carbocycles. The van der Waals surface area contributed by atoms with E-state index in [9.17, 15) is 0 Å². The molecule has 1 heterocycles. The third-order valence-electron chi connectivity index (χ3n) is 3.26. The number of hydrogen-bond donors (Lipinski definition) is 1. The molecular weight excluding hydrogens is 198 g/mol. The minimum atomic E-state index is -0.366. The summed E-state index contributed by atoms with van der Waals surface area (Å²) in [5.41, 5.74) is 8.17. The first-order valence-electron chi connectivity index (χ1n) is 6.25. The highest BCUT2D eigenvalue weighted by atomic mass is 15.0. The van der Waals surface area contributed by atoms with Gasteiger partial charge in [0.05, 0.1) is 5.54 Å². The Labute approximate surface area is 98.5 Å². The van der Waals surface area contributed by atoms with Gasteiger partial charge in [-0.15, -0.1) is 0 Å². The Morgan fingerprint density at radius 2 is 1.44 bits per heavy atom. The van der Waals surface area contributed by atoms with Gasteiger partial charge in [0.1, 0.15) is 5.82 Å². The molecule has 0 bridgehead atoms. The van der Waals surface area contributed by atoms with Gasteiger partial charge < -0.3 is 5.73 Å². The van der Waals surface area contributed by atoms with Gasteiger partial charge in [-0.3, -0.25) is 0 Å². The molecule has 0 aromatic carbocycles. The van der Waals surface area contributed by atoms with E-state index in [0.29, 0.717) is 0 Å². The molecule has 0 saturated heterocycles. The third kappa shape index (κ3) is 2.59. The number of aromatic nitrogens is 2.